The zero-order valence-corrected chi connectivity index (χ0v) is 16.4. The lowest BCUT2D eigenvalue weighted by molar-refractivity contribution is 0.383. The van der Waals surface area contributed by atoms with Gasteiger partial charge in [0, 0.05) is 44.1 Å². The van der Waals surface area contributed by atoms with Crippen LogP contribution in [0.4, 0.5) is 5.82 Å². The smallest absolute Gasteiger partial charge is 0.244 e. The molecule has 0 N–H and O–H groups in total. The number of hydrogen-bond donors (Lipinski definition) is 0. The van der Waals surface area contributed by atoms with Crippen LogP contribution in [0.5, 0.6) is 0 Å². The fraction of sp³-hybridized carbons (Fsp3) is 0.250. The number of aryl methyl sites for hydroxylation is 1. The Hall–Kier alpha value is -2.84. The minimum Gasteiger partial charge on any atom is -0.352 e. The lowest BCUT2D eigenvalue weighted by atomic mass is 10.1. The maximum Gasteiger partial charge on any atom is 0.244 e. The molecule has 1 saturated heterocycles. The van der Waals surface area contributed by atoms with Gasteiger partial charge >= 0.3 is 0 Å². The predicted molar refractivity (Wildman–Crippen MR) is 107 cm³/mol. The summed E-state index contributed by atoms with van der Waals surface area (Å²) >= 11 is 0. The first-order valence-corrected chi connectivity index (χ1v) is 10.5. The highest BCUT2D eigenvalue weighted by Gasteiger charge is 2.29. The van der Waals surface area contributed by atoms with Crippen molar-refractivity contribution in [1.82, 2.24) is 19.5 Å². The molecule has 0 amide bonds. The second-order valence-corrected chi connectivity index (χ2v) is 8.61. The van der Waals surface area contributed by atoms with E-state index in [1.807, 2.05) is 43.3 Å². The van der Waals surface area contributed by atoms with Gasteiger partial charge in [0.1, 0.15) is 4.90 Å². The van der Waals surface area contributed by atoms with Crippen molar-refractivity contribution in [2.45, 2.75) is 11.8 Å². The zero-order chi connectivity index (χ0) is 19.6. The number of nitrogens with zero attached hydrogens (tertiary/aromatic N) is 5. The molecule has 1 aromatic carbocycles. The van der Waals surface area contributed by atoms with Crippen molar-refractivity contribution in [3.63, 3.8) is 0 Å². The third kappa shape index (κ3) is 3.61. The summed E-state index contributed by atoms with van der Waals surface area (Å²) in [7, 11) is -3.51. The number of piperazine rings is 1. The summed E-state index contributed by atoms with van der Waals surface area (Å²) in [5.41, 5.74) is 3.05. The summed E-state index contributed by atoms with van der Waals surface area (Å²) < 4.78 is 26.9. The molecule has 1 aliphatic heterocycles. The van der Waals surface area contributed by atoms with Crippen LogP contribution in [0.15, 0.2) is 65.8 Å². The van der Waals surface area contributed by atoms with E-state index in [4.69, 9.17) is 0 Å². The molecule has 3 heterocycles. The number of pyridine rings is 1. The van der Waals surface area contributed by atoms with Gasteiger partial charge in [0.2, 0.25) is 10.0 Å². The molecule has 0 unspecified atom stereocenters. The molecule has 4 rings (SSSR count). The molecule has 28 heavy (non-hydrogen) atoms. The lowest BCUT2D eigenvalue weighted by Gasteiger charge is -2.34. The predicted octanol–water partition coefficient (Wildman–Crippen LogP) is 2.36. The Morgan fingerprint density at radius 3 is 2.32 bits per heavy atom. The average molecular weight is 395 g/mol. The minimum atomic E-state index is -3.51. The van der Waals surface area contributed by atoms with Crippen LogP contribution in [-0.4, -0.2) is 54.1 Å². The van der Waals surface area contributed by atoms with Crippen LogP contribution in [-0.2, 0) is 10.0 Å². The molecule has 7 nitrogen and oxygen atoms in total. The van der Waals surface area contributed by atoms with Crippen molar-refractivity contribution < 1.29 is 8.42 Å². The normalized spacial score (nSPS) is 15.5. The topological polar surface area (TPSA) is 79.3 Å². The summed E-state index contributed by atoms with van der Waals surface area (Å²) in [6.45, 7) is 3.99. The van der Waals surface area contributed by atoms with E-state index in [1.165, 1.54) is 10.5 Å². The standard InChI is InChI=1S/C20H21N5O2S/c1-16-5-2-3-7-18(16)19-8-9-20(23-22-19)24-11-13-25(14-12-24)28(26,27)17-6-4-10-21-15-17/h2-10,15H,11-14H2,1H3. The molecule has 0 radical (unpaired) electrons. The van der Waals surface area contributed by atoms with Crippen LogP contribution in [0.2, 0.25) is 0 Å². The molecular weight excluding hydrogens is 374 g/mol. The maximum atomic E-state index is 12.7. The first-order valence-electron chi connectivity index (χ1n) is 9.10. The quantitative estimate of drug-likeness (QED) is 0.675. The Balaban J connectivity index is 1.45. The third-order valence-corrected chi connectivity index (χ3v) is 6.79. The minimum absolute atomic E-state index is 0.228. The first kappa shape index (κ1) is 18.5. The van der Waals surface area contributed by atoms with Gasteiger partial charge in [-0.3, -0.25) is 4.98 Å². The molecule has 144 valence electrons. The number of rotatable bonds is 4. The molecule has 2 aromatic heterocycles. The van der Waals surface area contributed by atoms with Gasteiger partial charge in [-0.1, -0.05) is 24.3 Å². The van der Waals surface area contributed by atoms with E-state index in [0.717, 1.165) is 22.6 Å². The summed E-state index contributed by atoms with van der Waals surface area (Å²) in [5.74, 6) is 0.760. The molecule has 0 aliphatic carbocycles. The summed E-state index contributed by atoms with van der Waals surface area (Å²) in [6.07, 6.45) is 2.95. The molecule has 0 atom stereocenters. The third-order valence-electron chi connectivity index (χ3n) is 4.91. The Morgan fingerprint density at radius 1 is 0.893 bits per heavy atom. The maximum absolute atomic E-state index is 12.7. The second kappa shape index (κ2) is 7.65. The summed E-state index contributed by atoms with van der Waals surface area (Å²) in [6, 6.07) is 15.2. The Kier molecular flexibility index (Phi) is 5.06. The van der Waals surface area contributed by atoms with Gasteiger partial charge in [0.05, 0.1) is 5.69 Å². The molecule has 8 heteroatoms. The first-order chi connectivity index (χ1) is 13.6. The van der Waals surface area contributed by atoms with E-state index >= 15 is 0 Å². The second-order valence-electron chi connectivity index (χ2n) is 6.67. The van der Waals surface area contributed by atoms with Crippen molar-refractivity contribution in [2.24, 2.45) is 0 Å². The van der Waals surface area contributed by atoms with Crippen molar-refractivity contribution in [1.29, 1.82) is 0 Å². The van der Waals surface area contributed by atoms with Gasteiger partial charge in [0.15, 0.2) is 5.82 Å². The van der Waals surface area contributed by atoms with Crippen LogP contribution in [0.25, 0.3) is 11.3 Å². The van der Waals surface area contributed by atoms with Crippen LogP contribution < -0.4 is 4.90 Å². The fourth-order valence-corrected chi connectivity index (χ4v) is 4.69. The SMILES string of the molecule is Cc1ccccc1-c1ccc(N2CCN(S(=O)(=O)c3cccnc3)CC2)nn1. The Morgan fingerprint density at radius 2 is 1.68 bits per heavy atom. The van der Waals surface area contributed by atoms with E-state index in [2.05, 4.69) is 20.1 Å². The number of aromatic nitrogens is 3. The van der Waals surface area contributed by atoms with Gasteiger partial charge in [-0.05, 0) is 36.8 Å². The average Bonchev–Trinajstić information content (AvgIpc) is 2.75. The van der Waals surface area contributed by atoms with Crippen molar-refractivity contribution >= 4 is 15.8 Å². The lowest BCUT2D eigenvalue weighted by Crippen LogP contribution is -2.49. The van der Waals surface area contributed by atoms with Gasteiger partial charge in [0.25, 0.3) is 0 Å². The number of benzene rings is 1. The van der Waals surface area contributed by atoms with Crippen LogP contribution >= 0.6 is 0 Å². The van der Waals surface area contributed by atoms with Gasteiger partial charge in [-0.25, -0.2) is 8.42 Å². The Bertz CT molecular complexity index is 1050. The molecule has 1 aliphatic rings. The highest BCUT2D eigenvalue weighted by atomic mass is 32.2. The van der Waals surface area contributed by atoms with Crippen molar-refractivity contribution in [3.05, 3.63) is 66.5 Å². The highest BCUT2D eigenvalue weighted by molar-refractivity contribution is 7.89. The monoisotopic (exact) mass is 395 g/mol. The van der Waals surface area contributed by atoms with E-state index in [1.54, 1.807) is 18.3 Å². The van der Waals surface area contributed by atoms with Gasteiger partial charge in [-0.15, -0.1) is 10.2 Å². The van der Waals surface area contributed by atoms with Crippen LogP contribution in [0.1, 0.15) is 5.56 Å². The highest BCUT2D eigenvalue weighted by Crippen LogP contribution is 2.23. The van der Waals surface area contributed by atoms with Gasteiger partial charge < -0.3 is 4.90 Å². The number of anilines is 1. The molecule has 0 bridgehead atoms. The molecule has 0 saturated carbocycles. The summed E-state index contributed by atoms with van der Waals surface area (Å²) in [5, 5.41) is 8.73. The molecule has 0 spiro atoms. The number of hydrogen-bond acceptors (Lipinski definition) is 6. The Labute approximate surface area is 164 Å². The molecule has 1 fully saturated rings. The zero-order valence-electron chi connectivity index (χ0n) is 15.6. The van der Waals surface area contributed by atoms with E-state index in [-0.39, 0.29) is 4.90 Å². The van der Waals surface area contributed by atoms with Crippen LogP contribution in [0, 0.1) is 6.92 Å². The van der Waals surface area contributed by atoms with Crippen molar-refractivity contribution in [2.75, 3.05) is 31.1 Å². The van der Waals surface area contributed by atoms with E-state index < -0.39 is 10.0 Å². The fourth-order valence-electron chi connectivity index (χ4n) is 3.30. The number of sulfonamides is 1. The van der Waals surface area contributed by atoms with E-state index in [0.29, 0.717) is 26.2 Å². The molecule has 3 aromatic rings. The van der Waals surface area contributed by atoms with E-state index in [9.17, 15) is 8.42 Å². The van der Waals surface area contributed by atoms with Crippen LogP contribution in [0.3, 0.4) is 0 Å². The molecular formula is C20H21N5O2S. The van der Waals surface area contributed by atoms with Crippen molar-refractivity contribution in [3.8, 4) is 11.3 Å². The largest absolute Gasteiger partial charge is 0.352 e. The van der Waals surface area contributed by atoms with Gasteiger partial charge in [-0.2, -0.15) is 4.31 Å². The summed E-state index contributed by atoms with van der Waals surface area (Å²) in [4.78, 5) is 6.20.